The fourth-order valence-electron chi connectivity index (χ4n) is 1.64. The molecule has 16 heavy (non-hydrogen) atoms. The lowest BCUT2D eigenvalue weighted by Gasteiger charge is -2.05. The van der Waals surface area contributed by atoms with E-state index >= 15 is 0 Å². The van der Waals surface area contributed by atoms with E-state index in [1.54, 1.807) is 0 Å². The van der Waals surface area contributed by atoms with Gasteiger partial charge in [0.15, 0.2) is 5.82 Å². The van der Waals surface area contributed by atoms with E-state index in [9.17, 15) is 0 Å². The summed E-state index contributed by atoms with van der Waals surface area (Å²) in [5.74, 6) is 0.957. The van der Waals surface area contributed by atoms with Gasteiger partial charge in [0.05, 0.1) is 6.54 Å². The monoisotopic (exact) mass is 240 g/mol. The van der Waals surface area contributed by atoms with Crippen molar-refractivity contribution in [3.63, 3.8) is 0 Å². The Labute approximate surface area is 102 Å². The molecule has 0 atom stereocenters. The smallest absolute Gasteiger partial charge is 0.151 e. The number of hydrogen-bond acceptors (Lipinski definition) is 2. The molecule has 0 bridgehead atoms. The predicted octanol–water partition coefficient (Wildman–Crippen LogP) is 2.10. The maximum atomic E-state index is 4.34. The number of anilines is 1. The van der Waals surface area contributed by atoms with Gasteiger partial charge in [0.2, 0.25) is 0 Å². The zero-order valence-corrected chi connectivity index (χ0v) is 10.6. The first kappa shape index (κ1) is 12.6. The van der Waals surface area contributed by atoms with Crippen LogP contribution in [0, 0.1) is 6.92 Å². The van der Waals surface area contributed by atoms with Gasteiger partial charge >= 0.3 is 0 Å². The lowest BCUT2D eigenvalue weighted by Crippen LogP contribution is -2.05. The molecule has 2 heterocycles. The van der Waals surface area contributed by atoms with E-state index in [2.05, 4.69) is 28.0 Å². The van der Waals surface area contributed by atoms with E-state index < -0.39 is 0 Å². The molecule has 2 rings (SSSR count). The number of aromatic nitrogens is 3. The van der Waals surface area contributed by atoms with E-state index in [1.165, 1.54) is 11.3 Å². The summed E-state index contributed by atoms with van der Waals surface area (Å²) >= 11 is 0. The molecule has 0 saturated carbocycles. The summed E-state index contributed by atoms with van der Waals surface area (Å²) in [5, 5.41) is 7.66. The standard InChI is InChI=1S/C11H16N4.ClH/c1-9-8-15(3)13-11(9)12-7-10-5-4-6-14(10)2;/h4-6,8H,7H2,1-3H3,(H,12,13);1H. The number of halogens is 1. The first-order chi connectivity index (χ1) is 7.16. The molecule has 0 amide bonds. The van der Waals surface area contributed by atoms with E-state index in [1.807, 2.05) is 37.2 Å². The summed E-state index contributed by atoms with van der Waals surface area (Å²) in [5.41, 5.74) is 2.42. The van der Waals surface area contributed by atoms with Crippen LogP contribution in [0.4, 0.5) is 5.82 Å². The first-order valence-electron chi connectivity index (χ1n) is 5.01. The molecule has 0 aliphatic carbocycles. The number of nitrogens with zero attached hydrogens (tertiary/aromatic N) is 3. The molecule has 2 aromatic rings. The van der Waals surface area contributed by atoms with Gasteiger partial charge in [-0.05, 0) is 19.1 Å². The van der Waals surface area contributed by atoms with Gasteiger partial charge in [0, 0.05) is 37.7 Å². The van der Waals surface area contributed by atoms with Crippen LogP contribution in [0.2, 0.25) is 0 Å². The lowest BCUT2D eigenvalue weighted by atomic mass is 10.3. The van der Waals surface area contributed by atoms with E-state index in [0.717, 1.165) is 12.4 Å². The van der Waals surface area contributed by atoms with Crippen LogP contribution in [-0.2, 0) is 20.6 Å². The Kier molecular flexibility index (Phi) is 4.01. The number of rotatable bonds is 3. The van der Waals surface area contributed by atoms with Gasteiger partial charge in [-0.3, -0.25) is 4.68 Å². The average molecular weight is 241 g/mol. The Balaban J connectivity index is 0.00000128. The zero-order chi connectivity index (χ0) is 10.8. The highest BCUT2D eigenvalue weighted by Gasteiger charge is 2.03. The predicted molar refractivity (Wildman–Crippen MR) is 67.9 cm³/mol. The fraction of sp³-hybridized carbons (Fsp3) is 0.364. The second kappa shape index (κ2) is 5.07. The Morgan fingerprint density at radius 2 is 2.12 bits per heavy atom. The lowest BCUT2D eigenvalue weighted by molar-refractivity contribution is 0.765. The molecule has 0 radical (unpaired) electrons. The fourth-order valence-corrected chi connectivity index (χ4v) is 1.64. The van der Waals surface area contributed by atoms with Crippen molar-refractivity contribution >= 4 is 18.2 Å². The van der Waals surface area contributed by atoms with Crippen molar-refractivity contribution < 1.29 is 0 Å². The molecule has 0 aliphatic rings. The zero-order valence-electron chi connectivity index (χ0n) is 9.77. The van der Waals surface area contributed by atoms with Gasteiger partial charge in [0.25, 0.3) is 0 Å². The van der Waals surface area contributed by atoms with Crippen molar-refractivity contribution in [1.82, 2.24) is 14.3 Å². The molecular weight excluding hydrogens is 224 g/mol. The van der Waals surface area contributed by atoms with Crippen LogP contribution >= 0.6 is 12.4 Å². The second-order valence-electron chi connectivity index (χ2n) is 3.80. The van der Waals surface area contributed by atoms with Crippen LogP contribution in [0.3, 0.4) is 0 Å². The topological polar surface area (TPSA) is 34.8 Å². The molecule has 2 aromatic heterocycles. The molecule has 0 aromatic carbocycles. The summed E-state index contributed by atoms with van der Waals surface area (Å²) in [6.07, 6.45) is 4.05. The molecular formula is C11H17ClN4. The second-order valence-corrected chi connectivity index (χ2v) is 3.80. The third-order valence-electron chi connectivity index (χ3n) is 2.50. The Bertz CT molecular complexity index is 458. The summed E-state index contributed by atoms with van der Waals surface area (Å²) in [7, 11) is 3.98. The van der Waals surface area contributed by atoms with Crippen molar-refractivity contribution in [3.05, 3.63) is 35.8 Å². The minimum absolute atomic E-state index is 0. The van der Waals surface area contributed by atoms with Gasteiger partial charge in [-0.2, -0.15) is 5.10 Å². The molecule has 0 fully saturated rings. The van der Waals surface area contributed by atoms with Crippen LogP contribution in [0.1, 0.15) is 11.3 Å². The molecule has 0 aliphatic heterocycles. The van der Waals surface area contributed by atoms with Gasteiger partial charge in [-0.25, -0.2) is 0 Å². The van der Waals surface area contributed by atoms with Gasteiger partial charge in [0.1, 0.15) is 0 Å². The highest BCUT2D eigenvalue weighted by atomic mass is 35.5. The average Bonchev–Trinajstić information content (AvgIpc) is 2.70. The summed E-state index contributed by atoms with van der Waals surface area (Å²) < 4.78 is 3.92. The van der Waals surface area contributed by atoms with Crippen molar-refractivity contribution in [1.29, 1.82) is 0 Å². The Morgan fingerprint density at radius 3 is 2.62 bits per heavy atom. The van der Waals surface area contributed by atoms with Crippen LogP contribution < -0.4 is 5.32 Å². The van der Waals surface area contributed by atoms with E-state index in [0.29, 0.717) is 0 Å². The van der Waals surface area contributed by atoms with Crippen molar-refractivity contribution in [2.45, 2.75) is 13.5 Å². The van der Waals surface area contributed by atoms with Gasteiger partial charge in [-0.1, -0.05) is 0 Å². The largest absolute Gasteiger partial charge is 0.363 e. The molecule has 4 nitrogen and oxygen atoms in total. The molecule has 88 valence electrons. The molecule has 0 spiro atoms. The minimum atomic E-state index is 0. The highest BCUT2D eigenvalue weighted by Crippen LogP contribution is 2.11. The van der Waals surface area contributed by atoms with E-state index in [-0.39, 0.29) is 12.4 Å². The maximum absolute atomic E-state index is 4.34. The van der Waals surface area contributed by atoms with Crippen LogP contribution in [-0.4, -0.2) is 14.3 Å². The van der Waals surface area contributed by atoms with Crippen LogP contribution in [0.5, 0.6) is 0 Å². The molecule has 0 saturated heterocycles. The summed E-state index contributed by atoms with van der Waals surface area (Å²) in [6, 6.07) is 4.15. The first-order valence-corrected chi connectivity index (χ1v) is 5.01. The number of hydrogen-bond donors (Lipinski definition) is 1. The normalized spacial score (nSPS) is 9.94. The Morgan fingerprint density at radius 1 is 1.38 bits per heavy atom. The quantitative estimate of drug-likeness (QED) is 0.892. The third kappa shape index (κ3) is 2.58. The summed E-state index contributed by atoms with van der Waals surface area (Å²) in [6.45, 7) is 2.86. The molecule has 5 heteroatoms. The van der Waals surface area contributed by atoms with Crippen LogP contribution in [0.25, 0.3) is 0 Å². The van der Waals surface area contributed by atoms with Gasteiger partial charge < -0.3 is 9.88 Å². The van der Waals surface area contributed by atoms with Crippen molar-refractivity contribution in [3.8, 4) is 0 Å². The Hall–Kier alpha value is -1.42. The maximum Gasteiger partial charge on any atom is 0.151 e. The van der Waals surface area contributed by atoms with Crippen molar-refractivity contribution in [2.24, 2.45) is 14.1 Å². The molecule has 1 N–H and O–H groups in total. The minimum Gasteiger partial charge on any atom is -0.363 e. The van der Waals surface area contributed by atoms with Crippen molar-refractivity contribution in [2.75, 3.05) is 5.32 Å². The number of nitrogens with one attached hydrogen (secondary N) is 1. The number of aryl methyl sites for hydroxylation is 3. The van der Waals surface area contributed by atoms with E-state index in [4.69, 9.17) is 0 Å². The molecule has 0 unspecified atom stereocenters. The SMILES string of the molecule is Cc1cn(C)nc1NCc1cccn1C.Cl. The van der Waals surface area contributed by atoms with Gasteiger partial charge in [-0.15, -0.1) is 12.4 Å². The van der Waals surface area contributed by atoms with Crippen LogP contribution in [0.15, 0.2) is 24.5 Å². The summed E-state index contributed by atoms with van der Waals surface area (Å²) in [4.78, 5) is 0. The third-order valence-corrected chi connectivity index (χ3v) is 2.50. The highest BCUT2D eigenvalue weighted by molar-refractivity contribution is 5.85.